The zero-order valence-corrected chi connectivity index (χ0v) is 10.3. The van der Waals surface area contributed by atoms with Crippen molar-refractivity contribution in [1.82, 2.24) is 4.98 Å². The highest BCUT2D eigenvalue weighted by Gasteiger charge is 2.13. The summed E-state index contributed by atoms with van der Waals surface area (Å²) < 4.78 is 14.3. The Kier molecular flexibility index (Phi) is 2.92. The first kappa shape index (κ1) is 11.1. The smallest absolute Gasteiger partial charge is 0.145 e. The van der Waals surface area contributed by atoms with Crippen LogP contribution in [-0.2, 0) is 0 Å². The van der Waals surface area contributed by atoms with Crippen LogP contribution >= 0.6 is 15.9 Å². The van der Waals surface area contributed by atoms with Crippen molar-refractivity contribution in [3.63, 3.8) is 0 Å². The van der Waals surface area contributed by atoms with Crippen LogP contribution < -0.4 is 5.73 Å². The third-order valence-electron chi connectivity index (χ3n) is 2.41. The lowest BCUT2D eigenvalue weighted by Crippen LogP contribution is -1.98. The van der Waals surface area contributed by atoms with E-state index in [0.29, 0.717) is 21.4 Å². The van der Waals surface area contributed by atoms with Gasteiger partial charge < -0.3 is 5.73 Å². The van der Waals surface area contributed by atoms with Crippen molar-refractivity contribution in [2.75, 3.05) is 5.73 Å². The standard InChI is InChI=1S/C12H10BrFN2/c1-7-5-6-16-12(15)10(7)8-3-2-4-9(13)11(8)14/h2-6H,1H3,(H2,15,16). The number of aryl methyl sites for hydroxylation is 1. The second-order valence-corrected chi connectivity index (χ2v) is 4.34. The number of rotatable bonds is 1. The van der Waals surface area contributed by atoms with E-state index in [2.05, 4.69) is 20.9 Å². The van der Waals surface area contributed by atoms with Crippen LogP contribution in [0.15, 0.2) is 34.9 Å². The number of anilines is 1. The molecular weight excluding hydrogens is 271 g/mol. The summed E-state index contributed by atoms with van der Waals surface area (Å²) in [6, 6.07) is 6.93. The van der Waals surface area contributed by atoms with E-state index in [0.717, 1.165) is 5.56 Å². The third-order valence-corrected chi connectivity index (χ3v) is 3.02. The van der Waals surface area contributed by atoms with Gasteiger partial charge in [0, 0.05) is 17.3 Å². The quantitative estimate of drug-likeness (QED) is 0.868. The number of aromatic nitrogens is 1. The fourth-order valence-electron chi connectivity index (χ4n) is 1.63. The van der Waals surface area contributed by atoms with Gasteiger partial charge in [0.25, 0.3) is 0 Å². The summed E-state index contributed by atoms with van der Waals surface area (Å²) in [5, 5.41) is 0. The number of halogens is 2. The van der Waals surface area contributed by atoms with Gasteiger partial charge in [0.2, 0.25) is 0 Å². The first-order valence-corrected chi connectivity index (χ1v) is 5.56. The molecule has 0 radical (unpaired) electrons. The Balaban J connectivity index is 2.73. The van der Waals surface area contributed by atoms with E-state index in [1.807, 2.05) is 13.0 Å². The summed E-state index contributed by atoms with van der Waals surface area (Å²) in [5.41, 5.74) is 7.81. The molecule has 0 fully saturated rings. The molecular formula is C12H10BrFN2. The highest BCUT2D eigenvalue weighted by atomic mass is 79.9. The van der Waals surface area contributed by atoms with Crippen molar-refractivity contribution in [1.29, 1.82) is 0 Å². The van der Waals surface area contributed by atoms with Crippen LogP contribution in [0.4, 0.5) is 10.2 Å². The van der Waals surface area contributed by atoms with Crippen LogP contribution in [0.2, 0.25) is 0 Å². The maximum atomic E-state index is 13.9. The first-order valence-electron chi connectivity index (χ1n) is 4.76. The normalized spacial score (nSPS) is 10.4. The molecule has 82 valence electrons. The zero-order chi connectivity index (χ0) is 11.7. The molecule has 0 atom stereocenters. The molecule has 0 amide bonds. The van der Waals surface area contributed by atoms with Crippen LogP contribution in [0.1, 0.15) is 5.56 Å². The first-order chi connectivity index (χ1) is 7.61. The van der Waals surface area contributed by atoms with E-state index in [1.165, 1.54) is 0 Å². The summed E-state index contributed by atoms with van der Waals surface area (Å²) in [7, 11) is 0. The summed E-state index contributed by atoms with van der Waals surface area (Å²) in [6.07, 6.45) is 1.62. The van der Waals surface area contributed by atoms with Crippen molar-refractivity contribution in [3.8, 4) is 11.1 Å². The molecule has 1 heterocycles. The predicted octanol–water partition coefficient (Wildman–Crippen LogP) is 3.54. The maximum absolute atomic E-state index is 13.9. The molecule has 16 heavy (non-hydrogen) atoms. The summed E-state index contributed by atoms with van der Waals surface area (Å²) in [6.45, 7) is 1.88. The molecule has 0 aliphatic rings. The molecule has 1 aromatic carbocycles. The maximum Gasteiger partial charge on any atom is 0.145 e. The molecule has 0 saturated heterocycles. The fraction of sp³-hybridized carbons (Fsp3) is 0.0833. The average Bonchev–Trinajstić information content (AvgIpc) is 2.24. The molecule has 2 rings (SSSR count). The predicted molar refractivity (Wildman–Crippen MR) is 66.5 cm³/mol. The number of benzene rings is 1. The van der Waals surface area contributed by atoms with Gasteiger partial charge in [-0.25, -0.2) is 9.37 Å². The molecule has 2 aromatic rings. The van der Waals surface area contributed by atoms with E-state index in [-0.39, 0.29) is 5.82 Å². The minimum atomic E-state index is -0.315. The largest absolute Gasteiger partial charge is 0.383 e. The molecule has 2 N–H and O–H groups in total. The van der Waals surface area contributed by atoms with Crippen molar-refractivity contribution in [3.05, 3.63) is 46.3 Å². The van der Waals surface area contributed by atoms with E-state index < -0.39 is 0 Å². The highest BCUT2D eigenvalue weighted by molar-refractivity contribution is 9.10. The Labute approximate surface area is 101 Å². The molecule has 0 unspecified atom stereocenters. The Hall–Kier alpha value is -1.42. The van der Waals surface area contributed by atoms with Crippen molar-refractivity contribution in [2.45, 2.75) is 6.92 Å². The molecule has 2 nitrogen and oxygen atoms in total. The Morgan fingerprint density at radius 2 is 2.06 bits per heavy atom. The van der Waals surface area contributed by atoms with E-state index in [1.54, 1.807) is 24.4 Å². The van der Waals surface area contributed by atoms with Crippen LogP contribution in [0.5, 0.6) is 0 Å². The van der Waals surface area contributed by atoms with Gasteiger partial charge in [0.05, 0.1) is 4.47 Å². The third kappa shape index (κ3) is 1.80. The molecule has 0 saturated carbocycles. The second kappa shape index (κ2) is 4.22. The zero-order valence-electron chi connectivity index (χ0n) is 8.67. The molecule has 0 aliphatic carbocycles. The summed E-state index contributed by atoms with van der Waals surface area (Å²) in [5.74, 6) is 0.0299. The SMILES string of the molecule is Cc1ccnc(N)c1-c1cccc(Br)c1F. The van der Waals surface area contributed by atoms with Crippen LogP contribution in [0.25, 0.3) is 11.1 Å². The van der Waals surface area contributed by atoms with Gasteiger partial charge in [-0.3, -0.25) is 0 Å². The number of hydrogen-bond acceptors (Lipinski definition) is 2. The van der Waals surface area contributed by atoms with Gasteiger partial charge >= 0.3 is 0 Å². The topological polar surface area (TPSA) is 38.9 Å². The van der Waals surface area contributed by atoms with Crippen LogP contribution in [-0.4, -0.2) is 4.98 Å². The van der Waals surface area contributed by atoms with Gasteiger partial charge in [0.15, 0.2) is 0 Å². The van der Waals surface area contributed by atoms with E-state index in [9.17, 15) is 4.39 Å². The Morgan fingerprint density at radius 3 is 2.75 bits per heavy atom. The highest BCUT2D eigenvalue weighted by Crippen LogP contribution is 2.32. The van der Waals surface area contributed by atoms with Gasteiger partial charge in [0.1, 0.15) is 11.6 Å². The number of hydrogen-bond donors (Lipinski definition) is 1. The lowest BCUT2D eigenvalue weighted by atomic mass is 10.0. The van der Waals surface area contributed by atoms with Crippen LogP contribution in [0, 0.1) is 12.7 Å². The minimum absolute atomic E-state index is 0.315. The Bertz CT molecular complexity index is 520. The van der Waals surface area contributed by atoms with E-state index in [4.69, 9.17) is 5.73 Å². The van der Waals surface area contributed by atoms with Gasteiger partial charge in [-0.1, -0.05) is 12.1 Å². The minimum Gasteiger partial charge on any atom is -0.383 e. The van der Waals surface area contributed by atoms with Gasteiger partial charge in [-0.2, -0.15) is 0 Å². The fourth-order valence-corrected chi connectivity index (χ4v) is 1.99. The molecule has 0 spiro atoms. The van der Waals surface area contributed by atoms with Crippen LogP contribution in [0.3, 0.4) is 0 Å². The number of nitrogens with zero attached hydrogens (tertiary/aromatic N) is 1. The van der Waals surface area contributed by atoms with Gasteiger partial charge in [-0.05, 0) is 40.5 Å². The number of nitrogen functional groups attached to an aromatic ring is 1. The number of nitrogens with two attached hydrogens (primary N) is 1. The second-order valence-electron chi connectivity index (χ2n) is 3.49. The van der Waals surface area contributed by atoms with Crippen molar-refractivity contribution in [2.24, 2.45) is 0 Å². The molecule has 0 bridgehead atoms. The average molecular weight is 281 g/mol. The number of pyridine rings is 1. The summed E-state index contributed by atoms with van der Waals surface area (Å²) >= 11 is 3.16. The molecule has 1 aromatic heterocycles. The molecule has 4 heteroatoms. The molecule has 0 aliphatic heterocycles. The van der Waals surface area contributed by atoms with Crippen molar-refractivity contribution < 1.29 is 4.39 Å². The van der Waals surface area contributed by atoms with Gasteiger partial charge in [-0.15, -0.1) is 0 Å². The van der Waals surface area contributed by atoms with Crippen molar-refractivity contribution >= 4 is 21.7 Å². The monoisotopic (exact) mass is 280 g/mol. The lowest BCUT2D eigenvalue weighted by Gasteiger charge is -2.10. The summed E-state index contributed by atoms with van der Waals surface area (Å²) in [4.78, 5) is 3.98. The lowest BCUT2D eigenvalue weighted by molar-refractivity contribution is 0.624. The Morgan fingerprint density at radius 1 is 1.31 bits per heavy atom. The van der Waals surface area contributed by atoms with E-state index >= 15 is 0 Å².